The van der Waals surface area contributed by atoms with Gasteiger partial charge in [-0.3, -0.25) is 0 Å². The maximum atomic E-state index is 5.89. The van der Waals surface area contributed by atoms with E-state index in [0.29, 0.717) is 12.7 Å². The first-order valence-corrected chi connectivity index (χ1v) is 7.04. The van der Waals surface area contributed by atoms with E-state index in [0.717, 1.165) is 25.0 Å². The third-order valence-electron chi connectivity index (χ3n) is 3.89. The second kappa shape index (κ2) is 5.31. The van der Waals surface area contributed by atoms with Crippen LogP contribution in [-0.2, 0) is 14.0 Å². The van der Waals surface area contributed by atoms with E-state index in [9.17, 15) is 0 Å². The quantitative estimate of drug-likeness (QED) is 0.737. The van der Waals surface area contributed by atoms with Gasteiger partial charge in [-0.05, 0) is 27.2 Å². The molecule has 2 aliphatic rings. The number of hydrogen-bond acceptors (Lipinski definition) is 6. The second-order valence-corrected chi connectivity index (χ2v) is 5.80. The molecule has 0 aromatic carbocycles. The van der Waals surface area contributed by atoms with Crippen LogP contribution < -0.4 is 10.4 Å². The molecule has 0 bridgehead atoms. The lowest BCUT2D eigenvalue weighted by Gasteiger charge is -2.26. The van der Waals surface area contributed by atoms with Gasteiger partial charge < -0.3 is 18.9 Å². The Balaban J connectivity index is 1.70. The molecule has 20 heavy (non-hydrogen) atoms. The molecule has 1 unspecified atom stereocenters. The van der Waals surface area contributed by atoms with Crippen LogP contribution in [0, 0.1) is 0 Å². The lowest BCUT2D eigenvalue weighted by molar-refractivity contribution is 0.0842. The van der Waals surface area contributed by atoms with Crippen molar-refractivity contribution < 1.29 is 14.0 Å². The molecule has 108 valence electrons. The first kappa shape index (κ1) is 13.8. The van der Waals surface area contributed by atoms with Gasteiger partial charge in [-0.2, -0.15) is 0 Å². The molecule has 6 nitrogen and oxygen atoms in total. The van der Waals surface area contributed by atoms with Crippen LogP contribution in [0.3, 0.4) is 0 Å². The predicted molar refractivity (Wildman–Crippen MR) is 75.9 cm³/mol. The Morgan fingerprint density at radius 3 is 2.65 bits per heavy atom. The average Bonchev–Trinajstić information content (AvgIpc) is 2.74. The molecule has 0 N–H and O–H groups in total. The minimum atomic E-state index is -0.383. The molecule has 3 heterocycles. The molecular weight excluding hydrogens is 257 g/mol. The van der Waals surface area contributed by atoms with Gasteiger partial charge >= 0.3 is 7.12 Å². The number of aromatic nitrogens is 2. The Labute approximate surface area is 119 Å². The molecule has 3 rings (SSSR count). The summed E-state index contributed by atoms with van der Waals surface area (Å²) in [6.45, 7) is 8.36. The monoisotopic (exact) mass is 277 g/mol. The maximum absolute atomic E-state index is 5.89. The minimum Gasteiger partial charge on any atom is -0.402 e. The number of hydrogen-bond donors (Lipinski definition) is 0. The summed E-state index contributed by atoms with van der Waals surface area (Å²) < 4.78 is 17.1. The van der Waals surface area contributed by atoms with Crippen LogP contribution in [0.15, 0.2) is 12.4 Å². The molecule has 0 amide bonds. The molecule has 7 heteroatoms. The molecule has 0 aliphatic carbocycles. The Hall–Kier alpha value is -1.18. The van der Waals surface area contributed by atoms with E-state index in [2.05, 4.69) is 9.97 Å². The lowest BCUT2D eigenvalue weighted by Crippen LogP contribution is -2.37. The van der Waals surface area contributed by atoms with Gasteiger partial charge in [-0.15, -0.1) is 0 Å². The average molecular weight is 277 g/mol. The standard InChI is InChI=1S/C13H20BN3O3/c1-10-13(2,3)20-14(19-10)11-7-15-12(16-8-11)17-5-4-6-18-9-17/h7-8,10H,4-6,9H2,1-3H3. The summed E-state index contributed by atoms with van der Waals surface area (Å²) in [5.41, 5.74) is 0.563. The molecule has 1 aromatic heterocycles. The van der Waals surface area contributed by atoms with E-state index in [1.165, 1.54) is 0 Å². The van der Waals surface area contributed by atoms with Gasteiger partial charge in [0.05, 0.1) is 18.3 Å². The molecule has 1 aromatic rings. The van der Waals surface area contributed by atoms with Crippen LogP contribution in [0.5, 0.6) is 0 Å². The van der Waals surface area contributed by atoms with Crippen LogP contribution in [0.4, 0.5) is 5.95 Å². The van der Waals surface area contributed by atoms with E-state index in [4.69, 9.17) is 14.0 Å². The minimum absolute atomic E-state index is 0.0441. The van der Waals surface area contributed by atoms with Crippen molar-refractivity contribution in [2.45, 2.75) is 38.9 Å². The summed E-state index contributed by atoms with van der Waals surface area (Å²) in [5.74, 6) is 0.693. The molecule has 0 spiro atoms. The Kier molecular flexibility index (Phi) is 3.66. The maximum Gasteiger partial charge on any atom is 0.497 e. The van der Waals surface area contributed by atoms with Crippen LogP contribution >= 0.6 is 0 Å². The molecule has 0 saturated carbocycles. The van der Waals surface area contributed by atoms with Crippen molar-refractivity contribution in [1.82, 2.24) is 9.97 Å². The Morgan fingerprint density at radius 2 is 2.10 bits per heavy atom. The predicted octanol–water partition coefficient (Wildman–Crippen LogP) is 0.570. The van der Waals surface area contributed by atoms with Crippen LogP contribution in [0.25, 0.3) is 0 Å². The highest BCUT2D eigenvalue weighted by molar-refractivity contribution is 6.61. The number of nitrogens with zero attached hydrogens (tertiary/aromatic N) is 3. The zero-order valence-corrected chi connectivity index (χ0v) is 12.2. The third kappa shape index (κ3) is 2.66. The van der Waals surface area contributed by atoms with Crippen molar-refractivity contribution >= 4 is 18.5 Å². The van der Waals surface area contributed by atoms with Gasteiger partial charge in [0.15, 0.2) is 0 Å². The van der Waals surface area contributed by atoms with Gasteiger partial charge in [-0.1, -0.05) is 0 Å². The summed E-state index contributed by atoms with van der Waals surface area (Å²) in [7, 11) is -0.383. The normalized spacial score (nSPS) is 26.1. The van der Waals surface area contributed by atoms with Crippen molar-refractivity contribution in [3.8, 4) is 0 Å². The lowest BCUT2D eigenvalue weighted by atomic mass is 9.81. The zero-order valence-electron chi connectivity index (χ0n) is 12.2. The summed E-state index contributed by atoms with van der Waals surface area (Å²) in [5, 5.41) is 0. The second-order valence-electron chi connectivity index (χ2n) is 5.80. The van der Waals surface area contributed by atoms with E-state index < -0.39 is 0 Å². The summed E-state index contributed by atoms with van der Waals surface area (Å²) in [6, 6.07) is 0. The number of rotatable bonds is 2. The fraction of sp³-hybridized carbons (Fsp3) is 0.692. The first-order valence-electron chi connectivity index (χ1n) is 7.04. The molecule has 1 atom stereocenters. The number of anilines is 1. The molecule has 0 radical (unpaired) electrons. The van der Waals surface area contributed by atoms with E-state index in [-0.39, 0.29) is 18.8 Å². The highest BCUT2D eigenvalue weighted by Gasteiger charge is 2.44. The van der Waals surface area contributed by atoms with Crippen molar-refractivity contribution in [3.05, 3.63) is 12.4 Å². The Bertz CT molecular complexity index is 462. The van der Waals surface area contributed by atoms with Crippen molar-refractivity contribution in [1.29, 1.82) is 0 Å². The zero-order chi connectivity index (χ0) is 14.2. The van der Waals surface area contributed by atoms with Crippen LogP contribution in [0.1, 0.15) is 27.2 Å². The fourth-order valence-electron chi connectivity index (χ4n) is 2.27. The van der Waals surface area contributed by atoms with Crippen LogP contribution in [-0.4, -0.2) is 48.7 Å². The molecular formula is C13H20BN3O3. The van der Waals surface area contributed by atoms with E-state index >= 15 is 0 Å². The van der Waals surface area contributed by atoms with E-state index in [1.807, 2.05) is 25.7 Å². The summed E-state index contributed by atoms with van der Waals surface area (Å²) in [6.07, 6.45) is 4.60. The topological polar surface area (TPSA) is 56.7 Å². The number of ether oxygens (including phenoxy) is 1. The third-order valence-corrected chi connectivity index (χ3v) is 3.89. The van der Waals surface area contributed by atoms with Crippen LogP contribution in [0.2, 0.25) is 0 Å². The van der Waals surface area contributed by atoms with Gasteiger partial charge in [0, 0.05) is 24.4 Å². The SMILES string of the molecule is CC1OB(c2cnc(N3CCCOC3)nc2)OC1(C)C. The fourth-order valence-corrected chi connectivity index (χ4v) is 2.27. The summed E-state index contributed by atoms with van der Waals surface area (Å²) >= 11 is 0. The molecule has 2 aliphatic heterocycles. The highest BCUT2D eigenvalue weighted by Crippen LogP contribution is 2.26. The van der Waals surface area contributed by atoms with E-state index in [1.54, 1.807) is 12.4 Å². The van der Waals surface area contributed by atoms with Gasteiger partial charge in [0.25, 0.3) is 0 Å². The summed E-state index contributed by atoms with van der Waals surface area (Å²) in [4.78, 5) is 10.8. The highest BCUT2D eigenvalue weighted by atomic mass is 16.7. The van der Waals surface area contributed by atoms with Crippen molar-refractivity contribution in [2.24, 2.45) is 0 Å². The van der Waals surface area contributed by atoms with Crippen molar-refractivity contribution in [3.63, 3.8) is 0 Å². The van der Waals surface area contributed by atoms with Crippen molar-refractivity contribution in [2.75, 3.05) is 24.8 Å². The largest absolute Gasteiger partial charge is 0.497 e. The Morgan fingerprint density at radius 1 is 1.35 bits per heavy atom. The van der Waals surface area contributed by atoms with Gasteiger partial charge in [-0.25, -0.2) is 9.97 Å². The molecule has 2 fully saturated rings. The van der Waals surface area contributed by atoms with Gasteiger partial charge in [0.2, 0.25) is 5.95 Å². The van der Waals surface area contributed by atoms with Gasteiger partial charge in [0.1, 0.15) is 6.73 Å². The first-order chi connectivity index (χ1) is 9.56. The smallest absolute Gasteiger partial charge is 0.402 e. The molecule has 2 saturated heterocycles.